The molecule has 0 aliphatic carbocycles. The lowest BCUT2D eigenvalue weighted by Crippen LogP contribution is -2.55. The molecule has 4 aliphatic rings. The van der Waals surface area contributed by atoms with Crippen LogP contribution < -0.4 is 19.7 Å². The number of aromatic nitrogens is 4. The maximum Gasteiger partial charge on any atom is 0.171 e. The van der Waals surface area contributed by atoms with E-state index in [1.807, 2.05) is 41.5 Å². The van der Waals surface area contributed by atoms with Crippen molar-refractivity contribution in [1.82, 2.24) is 34.7 Å². The van der Waals surface area contributed by atoms with Crippen molar-refractivity contribution in [2.45, 2.75) is 115 Å². The van der Waals surface area contributed by atoms with Gasteiger partial charge in [0.05, 0.1) is 69.0 Å². The summed E-state index contributed by atoms with van der Waals surface area (Å²) >= 11 is 17.0. The Morgan fingerprint density at radius 3 is 1.49 bits per heavy atom. The van der Waals surface area contributed by atoms with Gasteiger partial charge in [-0.3, -0.25) is 0 Å². The van der Waals surface area contributed by atoms with E-state index in [2.05, 4.69) is 53.4 Å². The van der Waals surface area contributed by atoms with E-state index in [4.69, 9.17) is 44.3 Å². The average molecular weight is 810 g/mol. The number of halogens is 3. The Bertz CT molecular complexity index is 1460. The van der Waals surface area contributed by atoms with Crippen molar-refractivity contribution in [3.05, 3.63) is 40.2 Å². The zero-order valence-electron chi connectivity index (χ0n) is 31.0. The van der Waals surface area contributed by atoms with E-state index < -0.39 is 22.0 Å². The SMILES string of the molecule is C[C@@H]1OCC2(CCN(c3nccnc3Cl)CC2)[C@@H]1N[S@@](=O)C(C)(C)C.C[C@@H]1OCC2(CCNCC2)[C@@H]1N[S@@](=O)C(C)(C)C.Clc1nccnc1Cl. The van der Waals surface area contributed by atoms with Crippen molar-refractivity contribution in [2.75, 3.05) is 44.3 Å². The number of anilines is 1. The number of piperidine rings is 2. The molecule has 288 valence electrons. The fraction of sp³-hybridized carbons (Fsp3) is 0.765. The second kappa shape index (κ2) is 18.0. The van der Waals surface area contributed by atoms with Gasteiger partial charge in [-0.1, -0.05) is 34.8 Å². The zero-order chi connectivity index (χ0) is 37.6. The van der Waals surface area contributed by atoms with Crippen LogP contribution in [0.5, 0.6) is 0 Å². The van der Waals surface area contributed by atoms with Gasteiger partial charge < -0.3 is 19.7 Å². The normalized spacial score (nSPS) is 26.9. The van der Waals surface area contributed by atoms with Crippen LogP contribution in [-0.4, -0.2) is 102 Å². The standard InChI is InChI=1S/C17H27ClN4O2S.C13H26N2O2S.C4H2Cl2N2/c1-12-13(21-25(23)16(2,3)4)17(11-24-12)5-9-22(10-6-17)15-14(18)19-7-8-20-15;1-10-11(15-18(16)12(2,3)4)13(9-17-10)5-7-14-8-6-13;5-3-4(6)8-2-1-7-3/h7-8,12-13,21H,5-6,9-11H2,1-4H3;10-11,14-15H,5-9H2,1-4H3;1-2H/t12-,13+,25-;10-,11+,18-;/m00./s1. The monoisotopic (exact) mass is 808 g/mol. The number of hydrogen-bond acceptors (Lipinski definition) is 10. The molecular formula is C34H55Cl3N8O4S2. The lowest BCUT2D eigenvalue weighted by atomic mass is 9.73. The lowest BCUT2D eigenvalue weighted by molar-refractivity contribution is 0.0951. The summed E-state index contributed by atoms with van der Waals surface area (Å²) in [5, 5.41) is 4.33. The van der Waals surface area contributed by atoms with Crippen LogP contribution >= 0.6 is 34.8 Å². The molecule has 2 spiro atoms. The first-order valence-corrected chi connectivity index (χ1v) is 21.0. The van der Waals surface area contributed by atoms with Crippen molar-refractivity contribution in [2.24, 2.45) is 10.8 Å². The predicted octanol–water partition coefficient (Wildman–Crippen LogP) is 5.53. The number of nitrogens with zero attached hydrogens (tertiary/aromatic N) is 5. The minimum atomic E-state index is -1.11. The first-order chi connectivity index (χ1) is 23.9. The molecule has 0 unspecified atom stereocenters. The highest BCUT2D eigenvalue weighted by Gasteiger charge is 2.51. The van der Waals surface area contributed by atoms with Crippen LogP contribution in [-0.2, 0) is 31.4 Å². The largest absolute Gasteiger partial charge is 0.376 e. The molecule has 3 N–H and O–H groups in total. The van der Waals surface area contributed by atoms with Gasteiger partial charge in [0, 0.05) is 48.7 Å². The summed E-state index contributed by atoms with van der Waals surface area (Å²) in [6.07, 6.45) is 10.5. The predicted molar refractivity (Wildman–Crippen MR) is 208 cm³/mol. The van der Waals surface area contributed by atoms with Crippen LogP contribution in [0.4, 0.5) is 5.82 Å². The van der Waals surface area contributed by atoms with Crippen molar-refractivity contribution >= 4 is 62.6 Å². The highest BCUT2D eigenvalue weighted by molar-refractivity contribution is 7.84. The van der Waals surface area contributed by atoms with Gasteiger partial charge in [-0.05, 0) is 94.2 Å². The van der Waals surface area contributed by atoms with Gasteiger partial charge in [-0.2, -0.15) is 0 Å². The minimum absolute atomic E-state index is 0.00547. The quantitative estimate of drug-likeness (QED) is 0.353. The third-order valence-corrected chi connectivity index (χ3v) is 14.1. The Hall–Kier alpha value is -1.07. The Morgan fingerprint density at radius 2 is 1.10 bits per heavy atom. The average Bonchev–Trinajstić information content (AvgIpc) is 3.54. The summed E-state index contributed by atoms with van der Waals surface area (Å²) in [6.45, 7) is 21.4. The molecular weight excluding hydrogens is 755 g/mol. The van der Waals surface area contributed by atoms with Gasteiger partial charge >= 0.3 is 0 Å². The fourth-order valence-corrected chi connectivity index (χ4v) is 9.30. The van der Waals surface area contributed by atoms with Crippen LogP contribution in [0.2, 0.25) is 15.5 Å². The Balaban J connectivity index is 0.000000194. The second-order valence-corrected chi connectivity index (χ2v) is 20.8. The van der Waals surface area contributed by atoms with Crippen molar-refractivity contribution in [3.8, 4) is 0 Å². The Kier molecular flexibility index (Phi) is 15.1. The van der Waals surface area contributed by atoms with E-state index >= 15 is 0 Å². The highest BCUT2D eigenvalue weighted by atomic mass is 35.5. The summed E-state index contributed by atoms with van der Waals surface area (Å²) in [4.78, 5) is 18.0. The molecule has 2 aromatic rings. The summed E-state index contributed by atoms with van der Waals surface area (Å²) in [6, 6.07) is 0.298. The van der Waals surface area contributed by atoms with E-state index in [1.54, 1.807) is 12.4 Å². The lowest BCUT2D eigenvalue weighted by Gasteiger charge is -2.43. The molecule has 4 aliphatic heterocycles. The van der Waals surface area contributed by atoms with Gasteiger partial charge in [0.2, 0.25) is 0 Å². The molecule has 0 saturated carbocycles. The van der Waals surface area contributed by atoms with Crippen LogP contribution in [0.15, 0.2) is 24.8 Å². The van der Waals surface area contributed by atoms with E-state index in [0.717, 1.165) is 64.3 Å². The van der Waals surface area contributed by atoms with Gasteiger partial charge in [0.1, 0.15) is 0 Å². The summed E-state index contributed by atoms with van der Waals surface area (Å²) in [5.41, 5.74) is 0.178. The molecule has 6 rings (SSSR count). The van der Waals surface area contributed by atoms with Crippen LogP contribution in [0.25, 0.3) is 0 Å². The van der Waals surface area contributed by atoms with Crippen LogP contribution in [0, 0.1) is 10.8 Å². The number of hydrogen-bond donors (Lipinski definition) is 3. The zero-order valence-corrected chi connectivity index (χ0v) is 34.9. The van der Waals surface area contributed by atoms with Gasteiger partial charge in [-0.25, -0.2) is 37.8 Å². The van der Waals surface area contributed by atoms with E-state index in [9.17, 15) is 8.42 Å². The fourth-order valence-electron chi connectivity index (χ4n) is 6.82. The molecule has 4 saturated heterocycles. The van der Waals surface area contributed by atoms with Gasteiger partial charge in [0.25, 0.3) is 0 Å². The van der Waals surface area contributed by atoms with Gasteiger partial charge in [-0.15, -0.1) is 0 Å². The summed E-state index contributed by atoms with van der Waals surface area (Å²) in [7, 11) is -2.14. The molecule has 0 radical (unpaired) electrons. The van der Waals surface area contributed by atoms with Crippen molar-refractivity contribution < 1.29 is 17.9 Å². The first kappa shape index (κ1) is 42.7. The topological polar surface area (TPSA) is 143 Å². The molecule has 0 amide bonds. The smallest absolute Gasteiger partial charge is 0.171 e. The van der Waals surface area contributed by atoms with E-state index in [-0.39, 0.29) is 54.9 Å². The molecule has 4 fully saturated rings. The van der Waals surface area contributed by atoms with E-state index in [0.29, 0.717) is 11.8 Å². The Labute approximate surface area is 323 Å². The summed E-state index contributed by atoms with van der Waals surface area (Å²) < 4.78 is 43.0. The molecule has 51 heavy (non-hydrogen) atoms. The number of ether oxygens (including phenoxy) is 2. The third kappa shape index (κ3) is 11.0. The molecule has 2 aromatic heterocycles. The number of rotatable bonds is 5. The maximum absolute atomic E-state index is 12.6. The molecule has 6 atom stereocenters. The third-order valence-electron chi connectivity index (χ3n) is 10.0. The number of nitrogens with one attached hydrogen (secondary N) is 3. The molecule has 6 heterocycles. The van der Waals surface area contributed by atoms with Gasteiger partial charge in [0.15, 0.2) is 21.3 Å². The summed E-state index contributed by atoms with van der Waals surface area (Å²) in [5.74, 6) is 0.744. The molecule has 0 bridgehead atoms. The van der Waals surface area contributed by atoms with Crippen LogP contribution in [0.1, 0.15) is 81.1 Å². The molecule has 17 heteroatoms. The maximum atomic E-state index is 12.6. The van der Waals surface area contributed by atoms with Crippen molar-refractivity contribution in [3.63, 3.8) is 0 Å². The molecule has 0 aromatic carbocycles. The second-order valence-electron chi connectivity index (χ2n) is 15.8. The Morgan fingerprint density at radius 1 is 0.706 bits per heavy atom. The van der Waals surface area contributed by atoms with Crippen molar-refractivity contribution in [1.29, 1.82) is 0 Å². The minimum Gasteiger partial charge on any atom is -0.376 e. The molecule has 12 nitrogen and oxygen atoms in total. The van der Waals surface area contributed by atoms with Crippen LogP contribution in [0.3, 0.4) is 0 Å². The first-order valence-electron chi connectivity index (χ1n) is 17.5. The van der Waals surface area contributed by atoms with E-state index in [1.165, 1.54) is 12.4 Å². The highest BCUT2D eigenvalue weighted by Crippen LogP contribution is 2.44.